The zero-order valence-corrected chi connectivity index (χ0v) is 12.3. The molecule has 2 aliphatic carbocycles. The fourth-order valence-corrected chi connectivity index (χ4v) is 4.01. The summed E-state index contributed by atoms with van der Waals surface area (Å²) in [6, 6.07) is 7.92. The highest BCUT2D eigenvalue weighted by atomic mass is 14.9. The van der Waals surface area contributed by atoms with Gasteiger partial charge in [-0.3, -0.25) is 0 Å². The largest absolute Gasteiger partial charge is 0.310 e. The van der Waals surface area contributed by atoms with Gasteiger partial charge in [0, 0.05) is 6.04 Å². The Bertz CT molecular complexity index is 418. The van der Waals surface area contributed by atoms with Crippen LogP contribution in [0.3, 0.4) is 0 Å². The minimum absolute atomic E-state index is 0.597. The maximum Gasteiger partial charge on any atom is 0.0348 e. The molecule has 1 atom stereocenters. The molecule has 2 aliphatic rings. The van der Waals surface area contributed by atoms with Gasteiger partial charge in [-0.1, -0.05) is 38.0 Å². The van der Waals surface area contributed by atoms with Crippen LogP contribution in [0.15, 0.2) is 18.2 Å². The van der Waals surface area contributed by atoms with E-state index in [1.807, 2.05) is 0 Å². The second-order valence-electron chi connectivity index (χ2n) is 6.32. The molecule has 104 valence electrons. The van der Waals surface area contributed by atoms with Crippen molar-refractivity contribution in [2.75, 3.05) is 6.54 Å². The van der Waals surface area contributed by atoms with Gasteiger partial charge in [-0.2, -0.15) is 0 Å². The quantitative estimate of drug-likeness (QED) is 0.842. The van der Waals surface area contributed by atoms with Gasteiger partial charge in [-0.25, -0.2) is 0 Å². The lowest BCUT2D eigenvalue weighted by Crippen LogP contribution is -2.27. The summed E-state index contributed by atoms with van der Waals surface area (Å²) in [5.74, 6) is 0.863. The lowest BCUT2D eigenvalue weighted by molar-refractivity contribution is 0.374. The number of nitrogens with one attached hydrogen (secondary N) is 1. The lowest BCUT2D eigenvalue weighted by atomic mass is 9.85. The van der Waals surface area contributed by atoms with E-state index in [4.69, 9.17) is 0 Å². The van der Waals surface area contributed by atoms with Crippen molar-refractivity contribution in [3.8, 4) is 0 Å². The highest BCUT2D eigenvalue weighted by Gasteiger charge is 2.26. The third-order valence-electron chi connectivity index (χ3n) is 5.03. The lowest BCUT2D eigenvalue weighted by Gasteiger charge is -2.26. The van der Waals surface area contributed by atoms with Crippen LogP contribution in [-0.4, -0.2) is 6.54 Å². The summed E-state index contributed by atoms with van der Waals surface area (Å²) in [5, 5.41) is 3.75. The van der Waals surface area contributed by atoms with E-state index in [1.165, 1.54) is 51.4 Å². The highest BCUT2D eigenvalue weighted by molar-refractivity contribution is 5.35. The van der Waals surface area contributed by atoms with Crippen LogP contribution in [0, 0.1) is 5.92 Å². The first-order chi connectivity index (χ1) is 9.38. The molecule has 3 rings (SSSR count). The van der Waals surface area contributed by atoms with Crippen LogP contribution >= 0.6 is 0 Å². The molecule has 0 bridgehead atoms. The summed E-state index contributed by atoms with van der Waals surface area (Å²) < 4.78 is 0. The van der Waals surface area contributed by atoms with Crippen molar-refractivity contribution in [3.05, 3.63) is 34.9 Å². The molecule has 0 radical (unpaired) electrons. The Morgan fingerprint density at radius 1 is 1.05 bits per heavy atom. The average molecular weight is 257 g/mol. The second kappa shape index (κ2) is 6.09. The monoisotopic (exact) mass is 257 g/mol. The van der Waals surface area contributed by atoms with Crippen LogP contribution < -0.4 is 5.32 Å². The predicted octanol–water partition coefficient (Wildman–Crippen LogP) is 4.41. The molecular formula is C18H27N. The molecule has 0 saturated heterocycles. The Kier molecular flexibility index (Phi) is 4.22. The zero-order valence-electron chi connectivity index (χ0n) is 12.3. The molecule has 0 aliphatic heterocycles. The molecule has 0 amide bonds. The van der Waals surface area contributed by atoms with E-state index in [1.54, 1.807) is 16.7 Å². The van der Waals surface area contributed by atoms with E-state index in [0.29, 0.717) is 6.04 Å². The molecule has 1 aromatic carbocycles. The number of aryl methyl sites for hydroxylation is 2. The first-order valence-corrected chi connectivity index (χ1v) is 8.23. The van der Waals surface area contributed by atoms with E-state index >= 15 is 0 Å². The molecule has 1 nitrogen and oxygen atoms in total. The molecular weight excluding hydrogens is 230 g/mol. The third-order valence-corrected chi connectivity index (χ3v) is 5.03. The maximum absolute atomic E-state index is 3.75. The van der Waals surface area contributed by atoms with E-state index in [2.05, 4.69) is 30.4 Å². The van der Waals surface area contributed by atoms with Crippen molar-refractivity contribution in [1.82, 2.24) is 5.32 Å². The van der Waals surface area contributed by atoms with Gasteiger partial charge in [-0.05, 0) is 67.7 Å². The topological polar surface area (TPSA) is 12.0 Å². The van der Waals surface area contributed by atoms with Gasteiger partial charge in [-0.15, -0.1) is 0 Å². The third kappa shape index (κ3) is 2.86. The Morgan fingerprint density at radius 2 is 1.79 bits per heavy atom. The van der Waals surface area contributed by atoms with Crippen LogP contribution in [0.2, 0.25) is 0 Å². The molecule has 1 aromatic rings. The summed E-state index contributed by atoms with van der Waals surface area (Å²) in [7, 11) is 0. The Labute approximate surface area is 117 Å². The average Bonchev–Trinajstić information content (AvgIpc) is 2.98. The summed E-state index contributed by atoms with van der Waals surface area (Å²) in [6.45, 7) is 3.32. The molecule has 1 fully saturated rings. The van der Waals surface area contributed by atoms with Gasteiger partial charge in [0.15, 0.2) is 0 Å². The molecule has 0 aromatic heterocycles. The summed E-state index contributed by atoms with van der Waals surface area (Å²) in [5.41, 5.74) is 4.79. The Balaban J connectivity index is 1.84. The fraction of sp³-hybridized carbons (Fsp3) is 0.667. The van der Waals surface area contributed by atoms with Crippen molar-refractivity contribution >= 4 is 0 Å². The first kappa shape index (κ1) is 13.2. The second-order valence-corrected chi connectivity index (χ2v) is 6.32. The standard InChI is InChI=1S/C18H27N/c1-2-19-18(15-8-4-5-9-15)17-12-11-14-7-3-6-10-16(14)13-17/h11-13,15,18-19H,2-10H2,1H3. The molecule has 0 heterocycles. The predicted molar refractivity (Wildman–Crippen MR) is 81.5 cm³/mol. The zero-order chi connectivity index (χ0) is 13.1. The number of hydrogen-bond acceptors (Lipinski definition) is 1. The molecule has 1 heteroatoms. The minimum Gasteiger partial charge on any atom is -0.310 e. The fourth-order valence-electron chi connectivity index (χ4n) is 4.01. The number of fused-ring (bicyclic) bond motifs is 1. The smallest absolute Gasteiger partial charge is 0.0348 e. The van der Waals surface area contributed by atoms with Crippen molar-refractivity contribution in [2.45, 2.75) is 64.3 Å². The first-order valence-electron chi connectivity index (χ1n) is 8.23. The molecule has 1 N–H and O–H groups in total. The van der Waals surface area contributed by atoms with Gasteiger partial charge in [0.05, 0.1) is 0 Å². The normalized spacial score (nSPS) is 21.3. The van der Waals surface area contributed by atoms with Gasteiger partial charge in [0.1, 0.15) is 0 Å². The van der Waals surface area contributed by atoms with E-state index in [-0.39, 0.29) is 0 Å². The molecule has 19 heavy (non-hydrogen) atoms. The Morgan fingerprint density at radius 3 is 2.53 bits per heavy atom. The van der Waals surface area contributed by atoms with Gasteiger partial charge >= 0.3 is 0 Å². The number of benzene rings is 1. The highest BCUT2D eigenvalue weighted by Crippen LogP contribution is 2.36. The van der Waals surface area contributed by atoms with E-state index in [9.17, 15) is 0 Å². The van der Waals surface area contributed by atoms with Crippen molar-refractivity contribution in [1.29, 1.82) is 0 Å². The number of hydrogen-bond donors (Lipinski definition) is 1. The Hall–Kier alpha value is -0.820. The number of rotatable bonds is 4. The van der Waals surface area contributed by atoms with Gasteiger partial charge < -0.3 is 5.32 Å². The van der Waals surface area contributed by atoms with Gasteiger partial charge in [0.2, 0.25) is 0 Å². The van der Waals surface area contributed by atoms with Crippen LogP contribution in [0.25, 0.3) is 0 Å². The van der Waals surface area contributed by atoms with E-state index < -0.39 is 0 Å². The SMILES string of the molecule is CCNC(c1ccc2c(c1)CCCC2)C1CCCC1. The molecule has 0 spiro atoms. The maximum atomic E-state index is 3.75. The van der Waals surface area contributed by atoms with Crippen LogP contribution in [0.5, 0.6) is 0 Å². The van der Waals surface area contributed by atoms with Crippen molar-refractivity contribution in [2.24, 2.45) is 5.92 Å². The van der Waals surface area contributed by atoms with Crippen molar-refractivity contribution in [3.63, 3.8) is 0 Å². The van der Waals surface area contributed by atoms with Gasteiger partial charge in [0.25, 0.3) is 0 Å². The molecule has 1 unspecified atom stereocenters. The molecule has 1 saturated carbocycles. The van der Waals surface area contributed by atoms with Crippen molar-refractivity contribution < 1.29 is 0 Å². The van der Waals surface area contributed by atoms with Crippen LogP contribution in [0.1, 0.15) is 68.2 Å². The van der Waals surface area contributed by atoms with Crippen LogP contribution in [-0.2, 0) is 12.8 Å². The summed E-state index contributed by atoms with van der Waals surface area (Å²) in [4.78, 5) is 0. The van der Waals surface area contributed by atoms with Crippen LogP contribution in [0.4, 0.5) is 0 Å². The summed E-state index contributed by atoms with van der Waals surface area (Å²) in [6.07, 6.45) is 11.0. The van der Waals surface area contributed by atoms with E-state index in [0.717, 1.165) is 12.5 Å². The summed E-state index contributed by atoms with van der Waals surface area (Å²) >= 11 is 0. The minimum atomic E-state index is 0.597.